The molecule has 6 heteroatoms. The molecule has 156 valence electrons. The summed E-state index contributed by atoms with van der Waals surface area (Å²) >= 11 is 0. The van der Waals surface area contributed by atoms with Gasteiger partial charge in [0, 0.05) is 6.42 Å². The number of carbonyl (C=O) groups is 2. The van der Waals surface area contributed by atoms with Crippen LogP contribution in [0.5, 0.6) is 0 Å². The van der Waals surface area contributed by atoms with Gasteiger partial charge in [0.2, 0.25) is 0 Å². The van der Waals surface area contributed by atoms with Gasteiger partial charge in [-0.25, -0.2) is 0 Å². The van der Waals surface area contributed by atoms with Crippen molar-refractivity contribution in [3.63, 3.8) is 0 Å². The maximum Gasteiger partial charge on any atom is 0.293 e. The number of rotatable bonds is 10. The molecule has 1 N–H and O–H groups in total. The first-order valence-electron chi connectivity index (χ1n) is 9.75. The van der Waals surface area contributed by atoms with E-state index in [1.54, 1.807) is 0 Å². The van der Waals surface area contributed by atoms with Gasteiger partial charge in [-0.1, -0.05) is 81.4 Å². The van der Waals surface area contributed by atoms with Crippen LogP contribution in [0.1, 0.15) is 34.1 Å². The molecule has 5 nitrogen and oxygen atoms in total. The molecule has 2 aromatic carbocycles. The highest BCUT2D eigenvalue weighted by Gasteiger charge is 2.50. The number of aliphatic hydroxyl groups is 1. The van der Waals surface area contributed by atoms with Crippen LogP contribution in [0.3, 0.4) is 0 Å². The van der Waals surface area contributed by atoms with Crippen LogP contribution in [0.2, 0.25) is 5.04 Å². The van der Waals surface area contributed by atoms with Crippen molar-refractivity contribution in [2.75, 3.05) is 6.61 Å². The lowest BCUT2D eigenvalue weighted by Gasteiger charge is -2.43. The first-order valence-corrected chi connectivity index (χ1v) is 11.7. The van der Waals surface area contributed by atoms with E-state index in [-0.39, 0.29) is 23.8 Å². The Kier molecular flexibility index (Phi) is 7.90. The molecule has 0 radical (unpaired) electrons. The first kappa shape index (κ1) is 23.0. The van der Waals surface area contributed by atoms with Crippen molar-refractivity contribution in [2.45, 2.75) is 51.4 Å². The number of Topliss-reactive ketones (excluding diaryl/α,β-unsaturated/α-hetero) is 1. The van der Waals surface area contributed by atoms with Crippen LogP contribution < -0.4 is 10.4 Å². The van der Waals surface area contributed by atoms with Crippen molar-refractivity contribution in [2.24, 2.45) is 0 Å². The monoisotopic (exact) mass is 414 g/mol. The number of benzene rings is 2. The topological polar surface area (TPSA) is 72.8 Å². The van der Waals surface area contributed by atoms with Gasteiger partial charge in [0.15, 0.2) is 5.78 Å². The smallest absolute Gasteiger partial charge is 0.293 e. The van der Waals surface area contributed by atoms with E-state index in [1.807, 2.05) is 36.4 Å². The lowest BCUT2D eigenvalue weighted by Crippen LogP contribution is -2.67. The van der Waals surface area contributed by atoms with E-state index in [0.29, 0.717) is 6.47 Å². The highest BCUT2D eigenvalue weighted by molar-refractivity contribution is 6.99. The summed E-state index contributed by atoms with van der Waals surface area (Å²) in [6.07, 6.45) is -1.90. The van der Waals surface area contributed by atoms with E-state index < -0.39 is 20.5 Å². The zero-order valence-corrected chi connectivity index (χ0v) is 18.5. The lowest BCUT2D eigenvalue weighted by atomic mass is 10.1. The van der Waals surface area contributed by atoms with Crippen LogP contribution in [-0.2, 0) is 18.8 Å². The van der Waals surface area contributed by atoms with Crippen LogP contribution in [0.15, 0.2) is 60.7 Å². The third-order valence-electron chi connectivity index (χ3n) is 5.11. The van der Waals surface area contributed by atoms with Crippen molar-refractivity contribution in [3.05, 3.63) is 60.7 Å². The van der Waals surface area contributed by atoms with Gasteiger partial charge < -0.3 is 14.3 Å². The summed E-state index contributed by atoms with van der Waals surface area (Å²) in [5.41, 5.74) is 0. The molecule has 0 unspecified atom stereocenters. The predicted molar refractivity (Wildman–Crippen MR) is 116 cm³/mol. The van der Waals surface area contributed by atoms with Crippen molar-refractivity contribution >= 4 is 30.9 Å². The van der Waals surface area contributed by atoms with E-state index in [4.69, 9.17) is 9.16 Å². The van der Waals surface area contributed by atoms with Crippen molar-refractivity contribution in [1.82, 2.24) is 0 Å². The summed E-state index contributed by atoms with van der Waals surface area (Å²) in [6, 6.07) is 20.2. The molecule has 0 bridgehead atoms. The van der Waals surface area contributed by atoms with E-state index in [2.05, 4.69) is 45.0 Å². The molecule has 0 fully saturated rings. The van der Waals surface area contributed by atoms with Gasteiger partial charge in [-0.3, -0.25) is 9.59 Å². The molecule has 0 aliphatic heterocycles. The van der Waals surface area contributed by atoms with E-state index in [0.717, 1.165) is 10.4 Å². The van der Waals surface area contributed by atoms with E-state index >= 15 is 0 Å². The van der Waals surface area contributed by atoms with Crippen molar-refractivity contribution in [3.8, 4) is 0 Å². The quantitative estimate of drug-likeness (QED) is 0.478. The van der Waals surface area contributed by atoms with Crippen LogP contribution in [0, 0.1) is 0 Å². The summed E-state index contributed by atoms with van der Waals surface area (Å²) in [5.74, 6) is -0.366. The largest absolute Gasteiger partial charge is 0.462 e. The fraction of sp³-hybridized carbons (Fsp3) is 0.391. The summed E-state index contributed by atoms with van der Waals surface area (Å²) in [6.45, 7) is 8.20. The summed E-state index contributed by atoms with van der Waals surface area (Å²) in [4.78, 5) is 22.5. The first-order chi connectivity index (χ1) is 13.7. The third kappa shape index (κ3) is 5.41. The summed E-state index contributed by atoms with van der Waals surface area (Å²) in [5, 5.41) is 11.9. The number of carbonyl (C=O) groups excluding carboxylic acids is 2. The molecular formula is C23H30O5Si. The summed E-state index contributed by atoms with van der Waals surface area (Å²) < 4.78 is 11.8. The Balaban J connectivity index is 2.47. The molecule has 2 aromatic rings. The maximum absolute atomic E-state index is 11.5. The highest BCUT2D eigenvalue weighted by Crippen LogP contribution is 2.37. The second kappa shape index (κ2) is 9.96. The second-order valence-electron chi connectivity index (χ2n) is 8.19. The average Bonchev–Trinajstić information content (AvgIpc) is 2.69. The number of ketones is 1. The minimum Gasteiger partial charge on any atom is -0.462 e. The molecule has 0 amide bonds. The number of hydrogen-bond acceptors (Lipinski definition) is 5. The van der Waals surface area contributed by atoms with E-state index in [9.17, 15) is 14.7 Å². The molecular weight excluding hydrogens is 384 g/mol. The molecule has 0 saturated heterocycles. The Bertz CT molecular complexity index is 746. The Morgan fingerprint density at radius 2 is 1.52 bits per heavy atom. The lowest BCUT2D eigenvalue weighted by molar-refractivity contribution is -0.139. The molecule has 0 saturated carbocycles. The normalized spacial score (nSPS) is 14.1. The molecule has 29 heavy (non-hydrogen) atoms. The zero-order valence-electron chi connectivity index (χ0n) is 17.5. The van der Waals surface area contributed by atoms with Gasteiger partial charge in [0.05, 0.1) is 6.61 Å². The van der Waals surface area contributed by atoms with E-state index in [1.165, 1.54) is 6.92 Å². The number of ether oxygens (including phenoxy) is 1. The van der Waals surface area contributed by atoms with Gasteiger partial charge in [-0.2, -0.15) is 0 Å². The van der Waals surface area contributed by atoms with Gasteiger partial charge in [-0.15, -0.1) is 0 Å². The fourth-order valence-corrected chi connectivity index (χ4v) is 8.23. The Morgan fingerprint density at radius 3 is 1.90 bits per heavy atom. The number of hydrogen-bond donors (Lipinski definition) is 1. The summed E-state index contributed by atoms with van der Waals surface area (Å²) in [7, 11) is -2.78. The highest BCUT2D eigenvalue weighted by atomic mass is 28.4. The molecule has 0 heterocycles. The van der Waals surface area contributed by atoms with Gasteiger partial charge in [-0.05, 0) is 22.3 Å². The van der Waals surface area contributed by atoms with Gasteiger partial charge in [0.1, 0.15) is 12.2 Å². The van der Waals surface area contributed by atoms with Gasteiger partial charge >= 0.3 is 0 Å². The Labute approximate surface area is 173 Å². The fourth-order valence-electron chi connectivity index (χ4n) is 3.64. The predicted octanol–water partition coefficient (Wildman–Crippen LogP) is 2.44. The number of aliphatic hydroxyl groups excluding tert-OH is 1. The molecule has 2 atom stereocenters. The molecule has 0 spiro atoms. The third-order valence-corrected chi connectivity index (χ3v) is 10.1. The molecule has 0 aromatic heterocycles. The zero-order chi connectivity index (χ0) is 21.5. The Morgan fingerprint density at radius 1 is 1.03 bits per heavy atom. The van der Waals surface area contributed by atoms with Gasteiger partial charge in [0.25, 0.3) is 14.8 Å². The van der Waals surface area contributed by atoms with Crippen molar-refractivity contribution < 1.29 is 23.9 Å². The average molecular weight is 415 g/mol. The van der Waals surface area contributed by atoms with Crippen molar-refractivity contribution in [1.29, 1.82) is 0 Å². The molecule has 0 aliphatic carbocycles. The molecule has 2 rings (SSSR count). The van der Waals surface area contributed by atoms with Crippen LogP contribution in [0.4, 0.5) is 0 Å². The SMILES string of the molecule is CC(=O)[C@@H](O)C[C@@H](CO[Si](c1ccccc1)(c1ccccc1)C(C)(C)C)OC=O. The Hall–Kier alpha value is -2.28. The molecule has 0 aliphatic rings. The minimum absolute atomic E-state index is 0.00623. The van der Waals surface area contributed by atoms with Crippen LogP contribution in [-0.4, -0.2) is 44.5 Å². The van der Waals surface area contributed by atoms with Crippen LogP contribution >= 0.6 is 0 Å². The van der Waals surface area contributed by atoms with Crippen LogP contribution in [0.25, 0.3) is 0 Å². The minimum atomic E-state index is -2.78. The second-order valence-corrected chi connectivity index (χ2v) is 12.5. The maximum atomic E-state index is 11.5. The standard InChI is InChI=1S/C23H30O5Si/c1-18(25)22(26)15-19(27-17-24)16-28-29(23(2,3)4,20-11-7-5-8-12-20)21-13-9-6-10-14-21/h5-14,17,19,22,26H,15-16H2,1-4H3/t19-,22-/m0/s1.